The van der Waals surface area contributed by atoms with E-state index in [9.17, 15) is 0 Å². The van der Waals surface area contributed by atoms with Crippen LogP contribution in [0.5, 0.6) is 0 Å². The summed E-state index contributed by atoms with van der Waals surface area (Å²) in [5.41, 5.74) is 0. The van der Waals surface area contributed by atoms with Crippen LogP contribution in [-0.2, 0) is 9.47 Å². The normalized spacial score (nSPS) is 12.3. The van der Waals surface area contributed by atoms with Crippen LogP contribution in [0, 0.1) is 0 Å². The van der Waals surface area contributed by atoms with Crippen LogP contribution in [0.4, 0.5) is 0 Å². The first-order chi connectivity index (χ1) is 21.8. The highest BCUT2D eigenvalue weighted by atomic mass is 16.5. The molecule has 0 aliphatic carbocycles. The van der Waals surface area contributed by atoms with Crippen LogP contribution in [0.25, 0.3) is 0 Å². The lowest BCUT2D eigenvalue weighted by Gasteiger charge is -2.19. The second kappa shape index (κ2) is 40.9. The minimum atomic E-state index is 0.203. The summed E-state index contributed by atoms with van der Waals surface area (Å²) in [7, 11) is 0. The van der Waals surface area contributed by atoms with Gasteiger partial charge in [0, 0.05) is 19.8 Å². The van der Waals surface area contributed by atoms with Crippen LogP contribution in [0.3, 0.4) is 0 Å². The topological polar surface area (TPSA) is 30.5 Å². The highest BCUT2D eigenvalue weighted by molar-refractivity contribution is 4.62. The van der Waals surface area contributed by atoms with Crippen molar-refractivity contribution < 1.29 is 9.47 Å². The van der Waals surface area contributed by atoms with Crippen molar-refractivity contribution in [2.45, 2.75) is 232 Å². The molecule has 0 radical (unpaired) electrons. The average molecular weight is 624 g/mol. The van der Waals surface area contributed by atoms with E-state index >= 15 is 0 Å². The minimum Gasteiger partial charge on any atom is -0.379 e. The van der Waals surface area contributed by atoms with Gasteiger partial charge < -0.3 is 14.8 Å². The van der Waals surface area contributed by atoms with Gasteiger partial charge in [0.15, 0.2) is 0 Å². The Morgan fingerprint density at radius 1 is 0.364 bits per heavy atom. The molecule has 0 bridgehead atoms. The van der Waals surface area contributed by atoms with Gasteiger partial charge >= 0.3 is 0 Å². The summed E-state index contributed by atoms with van der Waals surface area (Å²) in [6, 6.07) is 0. The minimum absolute atomic E-state index is 0.203. The summed E-state index contributed by atoms with van der Waals surface area (Å²) < 4.78 is 12.5. The summed E-state index contributed by atoms with van der Waals surface area (Å²) in [6.07, 6.45) is 44.7. The lowest BCUT2D eigenvalue weighted by atomic mass is 10.1. The Kier molecular flexibility index (Phi) is 40.8. The van der Waals surface area contributed by atoms with Gasteiger partial charge in [-0.05, 0) is 25.8 Å². The smallest absolute Gasteiger partial charge is 0.0932 e. The zero-order chi connectivity index (χ0) is 31.9. The summed E-state index contributed by atoms with van der Waals surface area (Å²) >= 11 is 0. The molecular formula is C41H85NO2. The third kappa shape index (κ3) is 38.1. The first-order valence-corrected chi connectivity index (χ1v) is 20.7. The fraction of sp³-hybridized carbons (Fsp3) is 1.00. The molecule has 0 aromatic rings. The fourth-order valence-electron chi connectivity index (χ4n) is 6.27. The molecule has 3 heteroatoms. The Morgan fingerprint density at radius 3 is 1.07 bits per heavy atom. The molecule has 0 heterocycles. The fourth-order valence-corrected chi connectivity index (χ4v) is 6.27. The van der Waals surface area contributed by atoms with Crippen LogP contribution < -0.4 is 5.32 Å². The van der Waals surface area contributed by atoms with Gasteiger partial charge in [0.25, 0.3) is 0 Å². The number of rotatable bonds is 40. The van der Waals surface area contributed by atoms with E-state index in [1.54, 1.807) is 0 Å². The van der Waals surface area contributed by atoms with Gasteiger partial charge in [-0.25, -0.2) is 0 Å². The van der Waals surface area contributed by atoms with E-state index in [-0.39, 0.29) is 6.10 Å². The molecule has 0 fully saturated rings. The SMILES string of the molecule is CCCCCCCCCCCCCCOCC(CNCCCCCCCCCC)OCCCCCCCCCCCCCC. The Hall–Kier alpha value is -0.120. The molecule has 0 saturated heterocycles. The first kappa shape index (κ1) is 43.9. The molecule has 1 unspecified atom stereocenters. The molecule has 1 atom stereocenters. The van der Waals surface area contributed by atoms with Gasteiger partial charge in [-0.2, -0.15) is 0 Å². The standard InChI is InChI=1S/C41H85NO2/c1-4-7-10-13-16-19-21-23-25-28-31-34-37-43-40-41(39-42-36-33-30-27-18-15-12-9-6-3)44-38-35-32-29-26-24-22-20-17-14-11-8-5-2/h41-42H,4-40H2,1-3H3. The molecule has 3 nitrogen and oxygen atoms in total. The van der Waals surface area contributed by atoms with E-state index in [0.29, 0.717) is 0 Å². The van der Waals surface area contributed by atoms with Crippen LogP contribution in [0.2, 0.25) is 0 Å². The number of unbranched alkanes of at least 4 members (excludes halogenated alkanes) is 29. The van der Waals surface area contributed by atoms with Crippen molar-refractivity contribution in [1.82, 2.24) is 5.32 Å². The van der Waals surface area contributed by atoms with Crippen LogP contribution >= 0.6 is 0 Å². The molecule has 44 heavy (non-hydrogen) atoms. The summed E-state index contributed by atoms with van der Waals surface area (Å²) in [6.45, 7) is 11.5. The van der Waals surface area contributed by atoms with Crippen molar-refractivity contribution in [2.75, 3.05) is 32.9 Å². The maximum absolute atomic E-state index is 6.34. The predicted molar refractivity (Wildman–Crippen MR) is 198 cm³/mol. The van der Waals surface area contributed by atoms with Crippen molar-refractivity contribution in [3.05, 3.63) is 0 Å². The van der Waals surface area contributed by atoms with Crippen molar-refractivity contribution in [3.8, 4) is 0 Å². The summed E-state index contributed by atoms with van der Waals surface area (Å²) in [4.78, 5) is 0. The van der Waals surface area contributed by atoms with Gasteiger partial charge in [0.05, 0.1) is 12.7 Å². The van der Waals surface area contributed by atoms with E-state index in [4.69, 9.17) is 9.47 Å². The van der Waals surface area contributed by atoms with Gasteiger partial charge in [0.2, 0.25) is 0 Å². The third-order valence-electron chi connectivity index (χ3n) is 9.38. The lowest BCUT2D eigenvalue weighted by molar-refractivity contribution is -0.0175. The molecular weight excluding hydrogens is 538 g/mol. The summed E-state index contributed by atoms with van der Waals surface area (Å²) in [5.74, 6) is 0. The maximum Gasteiger partial charge on any atom is 0.0932 e. The quantitative estimate of drug-likeness (QED) is 0.0689. The van der Waals surface area contributed by atoms with Crippen molar-refractivity contribution >= 4 is 0 Å². The Balaban J connectivity index is 3.88. The van der Waals surface area contributed by atoms with Crippen LogP contribution in [-0.4, -0.2) is 39.0 Å². The Bertz CT molecular complexity index is 485. The molecule has 0 aliphatic heterocycles. The second-order valence-corrected chi connectivity index (χ2v) is 14.0. The molecule has 0 amide bonds. The highest BCUT2D eigenvalue weighted by Crippen LogP contribution is 2.14. The molecule has 266 valence electrons. The Morgan fingerprint density at radius 2 is 0.682 bits per heavy atom. The number of hydrogen-bond acceptors (Lipinski definition) is 3. The van der Waals surface area contributed by atoms with Gasteiger partial charge in [-0.3, -0.25) is 0 Å². The second-order valence-electron chi connectivity index (χ2n) is 14.0. The molecule has 0 aromatic heterocycles. The largest absolute Gasteiger partial charge is 0.379 e. The van der Waals surface area contributed by atoms with E-state index in [0.717, 1.165) is 32.9 Å². The predicted octanol–water partition coefficient (Wildman–Crippen LogP) is 13.5. The highest BCUT2D eigenvalue weighted by Gasteiger charge is 2.09. The maximum atomic E-state index is 6.34. The lowest BCUT2D eigenvalue weighted by Crippen LogP contribution is -2.34. The van der Waals surface area contributed by atoms with Crippen molar-refractivity contribution in [3.63, 3.8) is 0 Å². The van der Waals surface area contributed by atoms with E-state index in [2.05, 4.69) is 26.1 Å². The third-order valence-corrected chi connectivity index (χ3v) is 9.38. The van der Waals surface area contributed by atoms with Crippen molar-refractivity contribution in [1.29, 1.82) is 0 Å². The van der Waals surface area contributed by atoms with Gasteiger partial charge in [-0.15, -0.1) is 0 Å². The zero-order valence-electron chi connectivity index (χ0n) is 31.1. The number of nitrogens with one attached hydrogen (secondary N) is 1. The molecule has 0 rings (SSSR count). The molecule has 0 aromatic carbocycles. The number of ether oxygens (including phenoxy) is 2. The van der Waals surface area contributed by atoms with Crippen LogP contribution in [0.15, 0.2) is 0 Å². The Labute approximate surface area is 279 Å². The van der Waals surface area contributed by atoms with Crippen LogP contribution in [0.1, 0.15) is 226 Å². The summed E-state index contributed by atoms with van der Waals surface area (Å²) in [5, 5.41) is 3.69. The number of hydrogen-bond donors (Lipinski definition) is 1. The first-order valence-electron chi connectivity index (χ1n) is 20.7. The van der Waals surface area contributed by atoms with Gasteiger partial charge in [0.1, 0.15) is 0 Å². The van der Waals surface area contributed by atoms with Crippen molar-refractivity contribution in [2.24, 2.45) is 0 Å². The van der Waals surface area contributed by atoms with E-state index in [1.807, 2.05) is 0 Å². The van der Waals surface area contributed by atoms with Gasteiger partial charge in [-0.1, -0.05) is 207 Å². The van der Waals surface area contributed by atoms with E-state index in [1.165, 1.54) is 205 Å². The van der Waals surface area contributed by atoms with E-state index < -0.39 is 0 Å². The molecule has 1 N–H and O–H groups in total. The average Bonchev–Trinajstić information content (AvgIpc) is 3.03. The monoisotopic (exact) mass is 624 g/mol. The molecule has 0 spiro atoms. The molecule has 0 saturated carbocycles. The zero-order valence-corrected chi connectivity index (χ0v) is 31.1. The molecule has 0 aliphatic rings.